The first-order valence-electron chi connectivity index (χ1n) is 10.5. The monoisotopic (exact) mass is 433 g/mol. The largest absolute Gasteiger partial charge is 0.507 e. The summed E-state index contributed by atoms with van der Waals surface area (Å²) < 4.78 is 11.0. The van der Waals surface area contributed by atoms with E-state index in [2.05, 4.69) is 16.8 Å². The highest BCUT2D eigenvalue weighted by atomic mass is 16.5. The Kier molecular flexibility index (Phi) is 6.01. The van der Waals surface area contributed by atoms with Crippen molar-refractivity contribution in [2.24, 2.45) is 0 Å². The molecule has 166 valence electrons. The Bertz CT molecular complexity index is 1170. The third-order valence-electron chi connectivity index (χ3n) is 5.64. The van der Waals surface area contributed by atoms with Crippen LogP contribution in [0.25, 0.3) is 11.3 Å². The molecule has 0 aliphatic carbocycles. The summed E-state index contributed by atoms with van der Waals surface area (Å²) in [6.45, 7) is 8.72. The molecule has 1 aromatic heterocycles. The molecule has 3 aromatic rings. The number of hydrogen-bond acceptors (Lipinski definition) is 5. The summed E-state index contributed by atoms with van der Waals surface area (Å²) in [5.41, 5.74) is 4.99. The lowest BCUT2D eigenvalue weighted by Gasteiger charge is -2.26. The number of benzene rings is 2. The van der Waals surface area contributed by atoms with Gasteiger partial charge in [0.2, 0.25) is 0 Å². The summed E-state index contributed by atoms with van der Waals surface area (Å²) >= 11 is 0. The number of H-pyrrole nitrogens is 1. The van der Waals surface area contributed by atoms with Crippen LogP contribution in [-0.4, -0.2) is 53.0 Å². The Morgan fingerprint density at radius 3 is 2.84 bits per heavy atom. The number of hydrogen-bond donors (Lipinski definition) is 2. The number of phenols is 1. The summed E-state index contributed by atoms with van der Waals surface area (Å²) in [6.07, 6.45) is 1.69. The summed E-state index contributed by atoms with van der Waals surface area (Å²) in [7, 11) is 1.61. The van der Waals surface area contributed by atoms with Crippen molar-refractivity contribution in [3.8, 4) is 22.8 Å². The van der Waals surface area contributed by atoms with E-state index < -0.39 is 6.04 Å². The Hall–Kier alpha value is -3.58. The van der Waals surface area contributed by atoms with Gasteiger partial charge >= 0.3 is 0 Å². The molecule has 2 aromatic carbocycles. The SMILES string of the molecule is C=CCOc1cccc(C2c3c(-c4cc(C)cc(C)c4O)n[nH]c3C(=O)N2CCOC)c1. The minimum absolute atomic E-state index is 0.151. The van der Waals surface area contributed by atoms with E-state index in [1.54, 1.807) is 18.1 Å². The molecule has 2 N–H and O–H groups in total. The van der Waals surface area contributed by atoms with Crippen molar-refractivity contribution in [1.29, 1.82) is 0 Å². The first kappa shape index (κ1) is 21.6. The first-order valence-corrected chi connectivity index (χ1v) is 10.5. The van der Waals surface area contributed by atoms with E-state index in [9.17, 15) is 9.90 Å². The van der Waals surface area contributed by atoms with Crippen LogP contribution in [-0.2, 0) is 4.74 Å². The minimum atomic E-state index is -0.395. The van der Waals surface area contributed by atoms with Gasteiger partial charge in [-0.15, -0.1) is 0 Å². The van der Waals surface area contributed by atoms with Crippen LogP contribution in [0.4, 0.5) is 0 Å². The zero-order valence-electron chi connectivity index (χ0n) is 18.5. The van der Waals surface area contributed by atoms with E-state index in [4.69, 9.17) is 9.47 Å². The normalized spacial score (nSPS) is 15.2. The zero-order valence-corrected chi connectivity index (χ0v) is 18.5. The fraction of sp³-hybridized carbons (Fsp3) is 0.280. The quantitative estimate of drug-likeness (QED) is 0.521. The second-order valence-electron chi connectivity index (χ2n) is 7.90. The lowest BCUT2D eigenvalue weighted by Crippen LogP contribution is -2.32. The summed E-state index contributed by atoms with van der Waals surface area (Å²) in [4.78, 5) is 15.1. The Balaban J connectivity index is 1.87. The molecular weight excluding hydrogens is 406 g/mol. The van der Waals surface area contributed by atoms with E-state index in [1.165, 1.54) is 0 Å². The second kappa shape index (κ2) is 8.88. The number of ether oxygens (including phenoxy) is 2. The molecule has 1 atom stereocenters. The van der Waals surface area contributed by atoms with Crippen LogP contribution in [0.15, 0.2) is 49.1 Å². The fourth-order valence-corrected chi connectivity index (χ4v) is 4.24. The highest BCUT2D eigenvalue weighted by Crippen LogP contribution is 2.45. The molecule has 1 aliphatic heterocycles. The molecule has 1 amide bonds. The third-order valence-corrected chi connectivity index (χ3v) is 5.64. The molecule has 1 unspecified atom stereocenters. The summed E-state index contributed by atoms with van der Waals surface area (Å²) in [5.74, 6) is 0.700. The number of nitrogens with one attached hydrogen (secondary N) is 1. The molecule has 7 heteroatoms. The van der Waals surface area contributed by atoms with Crippen LogP contribution < -0.4 is 4.74 Å². The smallest absolute Gasteiger partial charge is 0.273 e. The number of aromatic hydroxyl groups is 1. The molecule has 4 rings (SSSR count). The first-order chi connectivity index (χ1) is 15.5. The van der Waals surface area contributed by atoms with Gasteiger partial charge in [0.1, 0.15) is 29.5 Å². The average molecular weight is 434 g/mol. The number of aromatic amines is 1. The number of fused-ring (bicyclic) bond motifs is 1. The maximum absolute atomic E-state index is 13.3. The van der Waals surface area contributed by atoms with Crippen LogP contribution in [0, 0.1) is 13.8 Å². The molecule has 32 heavy (non-hydrogen) atoms. The Labute approximate surface area is 187 Å². The number of carbonyl (C=O) groups excluding carboxylic acids is 1. The molecule has 0 radical (unpaired) electrons. The lowest BCUT2D eigenvalue weighted by molar-refractivity contribution is 0.0677. The van der Waals surface area contributed by atoms with Crippen molar-refractivity contribution < 1.29 is 19.4 Å². The van der Waals surface area contributed by atoms with Gasteiger partial charge < -0.3 is 19.5 Å². The molecule has 0 bridgehead atoms. The molecule has 0 spiro atoms. The number of aromatic nitrogens is 2. The lowest BCUT2D eigenvalue weighted by atomic mass is 9.94. The molecule has 7 nitrogen and oxygen atoms in total. The molecule has 0 saturated carbocycles. The standard InChI is InChI=1S/C25H27N3O4/c1-5-10-32-18-8-6-7-17(14-18)23-20-21(19-13-15(2)12-16(3)24(19)29)26-27-22(20)25(30)28(23)9-11-31-4/h5-8,12-14,23,29H,1,9-11H2,2-4H3,(H,26,27). The van der Waals surface area contributed by atoms with Crippen molar-refractivity contribution in [3.05, 3.63) is 77.0 Å². The molecule has 2 heterocycles. The van der Waals surface area contributed by atoms with Crippen LogP contribution >= 0.6 is 0 Å². The van der Waals surface area contributed by atoms with Crippen molar-refractivity contribution in [1.82, 2.24) is 15.1 Å². The predicted octanol–water partition coefficient (Wildman–Crippen LogP) is 4.16. The zero-order chi connectivity index (χ0) is 22.8. The number of rotatable bonds is 8. The van der Waals surface area contributed by atoms with Gasteiger partial charge in [-0.3, -0.25) is 9.89 Å². The van der Waals surface area contributed by atoms with Crippen molar-refractivity contribution in [3.63, 3.8) is 0 Å². The topological polar surface area (TPSA) is 87.7 Å². The van der Waals surface area contributed by atoms with Crippen LogP contribution in [0.1, 0.15) is 38.8 Å². The number of aryl methyl sites for hydroxylation is 2. The van der Waals surface area contributed by atoms with Crippen molar-refractivity contribution >= 4 is 5.91 Å². The number of amides is 1. The van der Waals surface area contributed by atoms with Crippen molar-refractivity contribution in [2.75, 3.05) is 26.9 Å². The van der Waals surface area contributed by atoms with Crippen LogP contribution in [0.5, 0.6) is 11.5 Å². The van der Waals surface area contributed by atoms with Gasteiger partial charge in [0, 0.05) is 24.8 Å². The average Bonchev–Trinajstić information content (AvgIpc) is 3.32. The maximum Gasteiger partial charge on any atom is 0.273 e. The predicted molar refractivity (Wildman–Crippen MR) is 122 cm³/mol. The van der Waals surface area contributed by atoms with Gasteiger partial charge in [0.15, 0.2) is 0 Å². The van der Waals surface area contributed by atoms with E-state index >= 15 is 0 Å². The summed E-state index contributed by atoms with van der Waals surface area (Å²) in [6, 6.07) is 11.1. The second-order valence-corrected chi connectivity index (χ2v) is 7.90. The highest BCUT2D eigenvalue weighted by Gasteiger charge is 2.42. The minimum Gasteiger partial charge on any atom is -0.507 e. The highest BCUT2D eigenvalue weighted by molar-refractivity contribution is 6.00. The van der Waals surface area contributed by atoms with E-state index in [0.29, 0.717) is 42.5 Å². The van der Waals surface area contributed by atoms with Gasteiger partial charge in [-0.05, 0) is 48.7 Å². The number of carbonyl (C=O) groups is 1. The van der Waals surface area contributed by atoms with Gasteiger partial charge in [-0.2, -0.15) is 5.10 Å². The van der Waals surface area contributed by atoms with Gasteiger partial charge in [0.25, 0.3) is 5.91 Å². The molecule has 1 aliphatic rings. The van der Waals surface area contributed by atoms with E-state index in [0.717, 1.165) is 22.3 Å². The fourth-order valence-electron chi connectivity index (χ4n) is 4.24. The van der Waals surface area contributed by atoms with Gasteiger partial charge in [0.05, 0.1) is 12.6 Å². The van der Waals surface area contributed by atoms with Crippen LogP contribution in [0.3, 0.4) is 0 Å². The molecule has 0 saturated heterocycles. The van der Waals surface area contributed by atoms with Gasteiger partial charge in [-0.1, -0.05) is 30.9 Å². The Morgan fingerprint density at radius 1 is 1.28 bits per heavy atom. The van der Waals surface area contributed by atoms with Crippen molar-refractivity contribution in [2.45, 2.75) is 19.9 Å². The molecular formula is C25H27N3O4. The third kappa shape index (κ3) is 3.76. The Morgan fingerprint density at radius 2 is 2.09 bits per heavy atom. The summed E-state index contributed by atoms with van der Waals surface area (Å²) in [5, 5.41) is 18.2. The molecule has 0 fully saturated rings. The number of nitrogens with zero attached hydrogens (tertiary/aromatic N) is 2. The van der Waals surface area contributed by atoms with E-state index in [-0.39, 0.29) is 11.7 Å². The maximum atomic E-state index is 13.3. The van der Waals surface area contributed by atoms with Crippen LogP contribution in [0.2, 0.25) is 0 Å². The number of phenolic OH excluding ortho intramolecular Hbond substituents is 1. The van der Waals surface area contributed by atoms with Gasteiger partial charge in [-0.25, -0.2) is 0 Å². The van der Waals surface area contributed by atoms with E-state index in [1.807, 2.05) is 50.2 Å². The number of methoxy groups -OCH3 is 1.